The molecule has 2 aliphatic rings. The van der Waals surface area contributed by atoms with E-state index < -0.39 is 5.24 Å². The first-order valence-electron chi connectivity index (χ1n) is 14.4. The minimum atomic E-state index is -0.470. The van der Waals surface area contributed by atoms with Gasteiger partial charge in [0.15, 0.2) is 5.75 Å². The van der Waals surface area contributed by atoms with Crippen LogP contribution in [-0.2, 0) is 9.53 Å². The monoisotopic (exact) mass is 600 g/mol. The highest BCUT2D eigenvalue weighted by Gasteiger charge is 2.31. The van der Waals surface area contributed by atoms with E-state index in [0.29, 0.717) is 57.0 Å². The van der Waals surface area contributed by atoms with Crippen LogP contribution in [0.2, 0.25) is 0 Å². The van der Waals surface area contributed by atoms with Gasteiger partial charge in [-0.25, -0.2) is 9.97 Å². The Balaban J connectivity index is 1.45. The number of amides is 3. The first-order chi connectivity index (χ1) is 20.4. The summed E-state index contributed by atoms with van der Waals surface area (Å²) in [6.07, 6.45) is 4.71. The van der Waals surface area contributed by atoms with Crippen LogP contribution in [0, 0.1) is 5.92 Å². The first-order valence-corrected chi connectivity index (χ1v) is 15.2. The first kappa shape index (κ1) is 30.6. The van der Waals surface area contributed by atoms with Crippen molar-refractivity contribution in [3.63, 3.8) is 0 Å². The number of thiazole rings is 1. The maximum atomic E-state index is 13.3. The molecule has 1 saturated heterocycles. The zero-order valence-corrected chi connectivity index (χ0v) is 26.1. The number of carbonyl (C=O) groups excluding carboxylic acids is 3. The van der Waals surface area contributed by atoms with E-state index in [1.807, 2.05) is 55.6 Å². The fraction of sp³-hybridized carbons (Fsp3) is 0.393. The molecule has 0 unspecified atom stereocenters. The second kappa shape index (κ2) is 12.4. The van der Waals surface area contributed by atoms with Crippen LogP contribution < -0.4 is 20.7 Å². The summed E-state index contributed by atoms with van der Waals surface area (Å²) in [7, 11) is 7.25. The molecule has 222 valence electrons. The van der Waals surface area contributed by atoms with E-state index in [9.17, 15) is 14.4 Å². The minimum Gasteiger partial charge on any atom is -0.494 e. The molecule has 11 nitrogen and oxygen atoms in total. The third-order valence-electron chi connectivity index (χ3n) is 6.98. The van der Waals surface area contributed by atoms with Gasteiger partial charge in [0, 0.05) is 31.3 Å². The average molecular weight is 600 g/mol. The number of nitrogens with zero attached hydrogens (tertiary/aromatic N) is 3. The standard InChI is InChI=1S/C28H35B3N6O5S/c1-14-12-37(13-15(2)42-14)27(40)21-11-33-26(43-21)17-5-4-6-19(23(17)41-3)34-20-9-22(35-24(38)16-7-8-16)32-10-18(20)25(39)36-28(29,30)31/h4-6,9-11,14-16H,7-8,12-13,29-31H2,1-3H3,(H,36,39)(H2,32,34,35,38)/t14-,15+. The summed E-state index contributed by atoms with van der Waals surface area (Å²) in [5.74, 6) is 0.367. The van der Waals surface area contributed by atoms with Gasteiger partial charge in [0.1, 0.15) is 39.2 Å². The van der Waals surface area contributed by atoms with E-state index in [1.54, 1.807) is 24.3 Å². The molecule has 43 heavy (non-hydrogen) atoms. The fourth-order valence-corrected chi connectivity index (χ4v) is 5.86. The lowest BCUT2D eigenvalue weighted by molar-refractivity contribution is -0.117. The van der Waals surface area contributed by atoms with E-state index in [-0.39, 0.29) is 35.8 Å². The number of pyridine rings is 1. The number of methoxy groups -OCH3 is 1. The highest BCUT2D eigenvalue weighted by molar-refractivity contribution is 7.17. The summed E-state index contributed by atoms with van der Waals surface area (Å²) < 4.78 is 11.6. The molecule has 15 heteroatoms. The Labute approximate surface area is 257 Å². The Bertz CT molecular complexity index is 1530. The van der Waals surface area contributed by atoms with Gasteiger partial charge < -0.3 is 30.3 Å². The highest BCUT2D eigenvalue weighted by Crippen LogP contribution is 2.40. The average Bonchev–Trinajstić information content (AvgIpc) is 3.68. The van der Waals surface area contributed by atoms with Crippen LogP contribution in [0.15, 0.2) is 36.7 Å². The van der Waals surface area contributed by atoms with Gasteiger partial charge in [-0.15, -0.1) is 11.3 Å². The van der Waals surface area contributed by atoms with Crippen LogP contribution >= 0.6 is 11.3 Å². The Morgan fingerprint density at radius 1 is 1.07 bits per heavy atom. The van der Waals surface area contributed by atoms with Crippen molar-refractivity contribution in [3.05, 3.63) is 47.1 Å². The van der Waals surface area contributed by atoms with E-state index in [0.717, 1.165) is 12.8 Å². The predicted molar refractivity (Wildman–Crippen MR) is 175 cm³/mol. The van der Waals surface area contributed by atoms with Gasteiger partial charge in [-0.1, -0.05) is 6.07 Å². The maximum absolute atomic E-state index is 13.3. The third-order valence-corrected chi connectivity index (χ3v) is 8.00. The van der Waals surface area contributed by atoms with Gasteiger partial charge in [-0.3, -0.25) is 14.4 Å². The quantitative estimate of drug-likeness (QED) is 0.308. The SMILES string of the molecule is BC(B)(B)NC(=O)c1cnc(NC(=O)C2CC2)cc1Nc1cccc(-c2ncc(C(=O)N3C[C@@H](C)O[C@@H](C)C3)s2)c1OC. The molecule has 1 aromatic carbocycles. The topological polar surface area (TPSA) is 135 Å². The van der Waals surface area contributed by atoms with E-state index in [2.05, 4.69) is 25.9 Å². The number of anilines is 3. The van der Waals surface area contributed by atoms with Crippen molar-refractivity contribution in [3.8, 4) is 16.3 Å². The van der Waals surface area contributed by atoms with Crippen LogP contribution in [0.3, 0.4) is 0 Å². The smallest absolute Gasteiger partial charge is 0.265 e. The van der Waals surface area contributed by atoms with E-state index >= 15 is 0 Å². The molecule has 0 radical (unpaired) electrons. The Morgan fingerprint density at radius 2 is 1.79 bits per heavy atom. The number of para-hydroxylation sites is 1. The lowest BCUT2D eigenvalue weighted by Crippen LogP contribution is -2.50. The van der Waals surface area contributed by atoms with Crippen molar-refractivity contribution < 1.29 is 23.9 Å². The lowest BCUT2D eigenvalue weighted by Gasteiger charge is -2.35. The van der Waals surface area contributed by atoms with Crippen molar-refractivity contribution >= 4 is 69.8 Å². The molecule has 2 fully saturated rings. The molecular weight excluding hydrogens is 565 g/mol. The number of hydrogen-bond acceptors (Lipinski definition) is 9. The molecule has 1 aliphatic carbocycles. The number of benzene rings is 1. The summed E-state index contributed by atoms with van der Waals surface area (Å²) in [6, 6.07) is 7.19. The molecule has 1 saturated carbocycles. The normalized spacial score (nSPS) is 18.5. The number of carbonyl (C=O) groups is 3. The van der Waals surface area contributed by atoms with Crippen molar-refractivity contribution in [1.29, 1.82) is 0 Å². The summed E-state index contributed by atoms with van der Waals surface area (Å²) in [5, 5.41) is 9.30. The van der Waals surface area contributed by atoms with Crippen LogP contribution in [-0.4, -0.2) is 93.8 Å². The Morgan fingerprint density at radius 3 is 2.44 bits per heavy atom. The van der Waals surface area contributed by atoms with Gasteiger partial charge in [0.2, 0.25) is 5.91 Å². The molecule has 3 N–H and O–H groups in total. The van der Waals surface area contributed by atoms with Crippen molar-refractivity contribution in [1.82, 2.24) is 20.2 Å². The van der Waals surface area contributed by atoms with Gasteiger partial charge in [-0.2, -0.15) is 0 Å². The fourth-order valence-electron chi connectivity index (χ4n) is 4.96. The number of morpholine rings is 1. The Kier molecular flexibility index (Phi) is 8.84. The van der Waals surface area contributed by atoms with Gasteiger partial charge in [-0.05, 0) is 44.1 Å². The molecular formula is C28H35B3N6O5S. The number of ether oxygens (including phenoxy) is 2. The number of aromatic nitrogens is 2. The third kappa shape index (κ3) is 7.39. The van der Waals surface area contributed by atoms with E-state index in [4.69, 9.17) is 9.47 Å². The van der Waals surface area contributed by atoms with Crippen molar-refractivity contribution in [2.45, 2.75) is 44.1 Å². The molecule has 2 aromatic heterocycles. The lowest BCUT2D eigenvalue weighted by atomic mass is 9.49. The molecule has 2 atom stereocenters. The summed E-state index contributed by atoms with van der Waals surface area (Å²) in [6.45, 7) is 4.98. The predicted octanol–water partition coefficient (Wildman–Crippen LogP) is 0.796. The summed E-state index contributed by atoms with van der Waals surface area (Å²) in [5.41, 5.74) is 2.03. The number of nitrogens with one attached hydrogen (secondary N) is 3. The molecule has 5 rings (SSSR count). The van der Waals surface area contributed by atoms with Crippen LogP contribution in [0.5, 0.6) is 5.75 Å². The zero-order valence-electron chi connectivity index (χ0n) is 25.3. The number of hydrogen-bond donors (Lipinski definition) is 3. The molecule has 3 heterocycles. The van der Waals surface area contributed by atoms with Crippen LogP contribution in [0.25, 0.3) is 10.6 Å². The molecule has 0 bridgehead atoms. The highest BCUT2D eigenvalue weighted by atomic mass is 32.1. The maximum Gasteiger partial charge on any atom is 0.265 e. The van der Waals surface area contributed by atoms with Gasteiger partial charge in [0.25, 0.3) is 11.8 Å². The summed E-state index contributed by atoms with van der Waals surface area (Å²) >= 11 is 1.29. The number of rotatable bonds is 9. The summed E-state index contributed by atoms with van der Waals surface area (Å²) in [4.78, 5) is 50.2. The van der Waals surface area contributed by atoms with Gasteiger partial charge >= 0.3 is 0 Å². The molecule has 3 amide bonds. The van der Waals surface area contributed by atoms with Crippen molar-refractivity contribution in [2.24, 2.45) is 5.92 Å². The zero-order chi connectivity index (χ0) is 30.9. The molecule has 3 aromatic rings. The minimum absolute atomic E-state index is 0.00367. The second-order valence-corrected chi connectivity index (χ2v) is 13.1. The van der Waals surface area contributed by atoms with E-state index in [1.165, 1.54) is 17.5 Å². The van der Waals surface area contributed by atoms with Gasteiger partial charge in [0.05, 0.1) is 48.0 Å². The second-order valence-electron chi connectivity index (χ2n) is 12.1. The molecule has 0 spiro atoms. The van der Waals surface area contributed by atoms with Crippen LogP contribution in [0.4, 0.5) is 17.2 Å². The van der Waals surface area contributed by atoms with Crippen LogP contribution in [0.1, 0.15) is 46.7 Å². The largest absolute Gasteiger partial charge is 0.494 e. The Hall–Kier alpha value is -3.84. The molecule has 1 aliphatic heterocycles. The van der Waals surface area contributed by atoms with Crippen molar-refractivity contribution in [2.75, 3.05) is 30.8 Å².